The number of aromatic hydroxyl groups is 1. The van der Waals surface area contributed by atoms with Crippen molar-refractivity contribution in [2.24, 2.45) is 0 Å². The summed E-state index contributed by atoms with van der Waals surface area (Å²) in [6.45, 7) is 7.76. The van der Waals surface area contributed by atoms with E-state index in [0.717, 1.165) is 44.6 Å². The van der Waals surface area contributed by atoms with Crippen LogP contribution in [0.15, 0.2) is 30.9 Å². The smallest absolute Gasteiger partial charge is 0.120 e. The van der Waals surface area contributed by atoms with E-state index in [2.05, 4.69) is 16.8 Å². The number of benzene rings is 1. The Balaban J connectivity index is 0.00000200. The Kier molecular flexibility index (Phi) is 10.1. The quantitative estimate of drug-likeness (QED) is 0.790. The molecule has 1 aliphatic rings. The molecule has 1 fully saturated rings. The lowest BCUT2D eigenvalue weighted by Crippen LogP contribution is -2.45. The highest BCUT2D eigenvalue weighted by Gasteiger charge is 2.23. The second-order valence-electron chi connectivity index (χ2n) is 4.87. The lowest BCUT2D eigenvalue weighted by Gasteiger charge is -2.35. The molecular weight excluding hydrogens is 331 g/mol. The molecule has 0 radical (unpaired) electrons. The van der Waals surface area contributed by atoms with Gasteiger partial charge in [0.2, 0.25) is 0 Å². The van der Waals surface area contributed by atoms with Gasteiger partial charge in [-0.1, -0.05) is 17.7 Å². The molecule has 0 unspecified atom stereocenters. The van der Waals surface area contributed by atoms with E-state index < -0.39 is 0 Å². The number of phenols is 1. The summed E-state index contributed by atoms with van der Waals surface area (Å²) in [5.74, 6) is 0.331. The molecule has 1 atom stereocenters. The van der Waals surface area contributed by atoms with Crippen molar-refractivity contribution in [2.75, 3.05) is 26.2 Å². The predicted molar refractivity (Wildman–Crippen MR) is 94.2 cm³/mol. The van der Waals surface area contributed by atoms with Gasteiger partial charge in [-0.05, 0) is 31.0 Å². The van der Waals surface area contributed by atoms with Crippen molar-refractivity contribution in [1.29, 1.82) is 0 Å². The van der Waals surface area contributed by atoms with Gasteiger partial charge in [0, 0.05) is 42.8 Å². The van der Waals surface area contributed by atoms with Crippen LogP contribution in [0.1, 0.15) is 24.4 Å². The van der Waals surface area contributed by atoms with Crippen LogP contribution in [-0.2, 0) is 0 Å². The molecule has 1 aromatic carbocycles. The zero-order chi connectivity index (χ0) is 13.7. The number of nitrogens with one attached hydrogen (secondary N) is 1. The van der Waals surface area contributed by atoms with Crippen molar-refractivity contribution in [3.8, 4) is 5.75 Å². The summed E-state index contributed by atoms with van der Waals surface area (Å²) in [7, 11) is 0. The average Bonchev–Trinajstić information content (AvgIpc) is 2.44. The highest BCUT2D eigenvalue weighted by molar-refractivity contribution is 6.30. The highest BCUT2D eigenvalue weighted by Crippen LogP contribution is 2.34. The number of piperazine rings is 1. The summed E-state index contributed by atoms with van der Waals surface area (Å²) < 4.78 is 0. The van der Waals surface area contributed by atoms with Crippen molar-refractivity contribution >= 4 is 36.4 Å². The number of hydrogen-bond donors (Lipinski definition) is 2. The summed E-state index contributed by atoms with van der Waals surface area (Å²) in [6, 6.07) is 5.50. The first-order valence-electron chi connectivity index (χ1n) is 6.76. The van der Waals surface area contributed by atoms with Crippen molar-refractivity contribution in [2.45, 2.75) is 18.9 Å². The number of hydrogen-bond acceptors (Lipinski definition) is 3. The van der Waals surface area contributed by atoms with E-state index in [0.29, 0.717) is 10.8 Å². The molecule has 0 aromatic heterocycles. The first-order valence-corrected chi connectivity index (χ1v) is 7.14. The van der Waals surface area contributed by atoms with Crippen LogP contribution in [0.3, 0.4) is 0 Å². The molecule has 3 nitrogen and oxygen atoms in total. The topological polar surface area (TPSA) is 35.5 Å². The summed E-state index contributed by atoms with van der Waals surface area (Å²) in [5, 5.41) is 14.1. The predicted octanol–water partition coefficient (Wildman–Crippen LogP) is 3.80. The van der Waals surface area contributed by atoms with Gasteiger partial charge in [-0.15, -0.1) is 31.4 Å². The summed E-state index contributed by atoms with van der Waals surface area (Å²) in [6.07, 6.45) is 3.81. The average molecular weight is 354 g/mol. The maximum absolute atomic E-state index is 10.1. The molecule has 120 valence electrons. The van der Waals surface area contributed by atoms with Gasteiger partial charge in [0.15, 0.2) is 0 Å². The number of rotatable bonds is 5. The first-order chi connectivity index (χ1) is 9.22. The van der Waals surface area contributed by atoms with Gasteiger partial charge in [-0.2, -0.15) is 0 Å². The minimum Gasteiger partial charge on any atom is -0.508 e. The molecule has 2 rings (SSSR count). The van der Waals surface area contributed by atoms with E-state index in [1.807, 2.05) is 12.1 Å². The van der Waals surface area contributed by atoms with Gasteiger partial charge in [-0.3, -0.25) is 4.90 Å². The van der Waals surface area contributed by atoms with Gasteiger partial charge in [0.1, 0.15) is 5.75 Å². The first kappa shape index (κ1) is 20.6. The maximum Gasteiger partial charge on any atom is 0.120 e. The van der Waals surface area contributed by atoms with Crippen LogP contribution >= 0.6 is 36.4 Å². The minimum absolute atomic E-state index is 0. The van der Waals surface area contributed by atoms with Crippen LogP contribution in [0.5, 0.6) is 5.75 Å². The molecule has 0 aliphatic carbocycles. The van der Waals surface area contributed by atoms with Crippen molar-refractivity contribution < 1.29 is 5.11 Å². The van der Waals surface area contributed by atoms with E-state index in [1.165, 1.54) is 0 Å². The third-order valence-corrected chi connectivity index (χ3v) is 3.82. The Morgan fingerprint density at radius 3 is 2.62 bits per heavy atom. The normalized spacial score (nSPS) is 16.4. The SMILES string of the molecule is C=CCC[C@@H](c1cc(Cl)ccc1O)N1CCNCC1.Cl.Cl. The van der Waals surface area contributed by atoms with Gasteiger partial charge >= 0.3 is 0 Å². The van der Waals surface area contributed by atoms with Crippen LogP contribution in [0.2, 0.25) is 5.02 Å². The Morgan fingerprint density at radius 2 is 2.00 bits per heavy atom. The number of allylic oxidation sites excluding steroid dienone is 1. The Labute approximate surface area is 144 Å². The molecule has 1 aromatic rings. The maximum atomic E-state index is 10.1. The standard InChI is InChI=1S/C15H21ClN2O.2ClH/c1-2-3-4-14(18-9-7-17-8-10-18)13-11-12(16)5-6-15(13)19;;/h2,5-6,11,14,17,19H,1,3-4,7-10H2;2*1H/t14-;;/m0../s1. The summed E-state index contributed by atoms with van der Waals surface area (Å²) in [4.78, 5) is 2.41. The molecule has 6 heteroatoms. The molecule has 0 bridgehead atoms. The molecule has 1 aliphatic heterocycles. The van der Waals surface area contributed by atoms with Crippen LogP contribution < -0.4 is 5.32 Å². The molecule has 0 amide bonds. The molecule has 1 heterocycles. The van der Waals surface area contributed by atoms with E-state index in [4.69, 9.17) is 11.6 Å². The third kappa shape index (κ3) is 5.68. The fourth-order valence-electron chi connectivity index (χ4n) is 2.60. The molecule has 1 saturated heterocycles. The number of phenolic OH excluding ortho intramolecular Hbond substituents is 1. The van der Waals surface area contributed by atoms with Crippen LogP contribution in [0.4, 0.5) is 0 Å². The lowest BCUT2D eigenvalue weighted by molar-refractivity contribution is 0.163. The Morgan fingerprint density at radius 1 is 1.33 bits per heavy atom. The van der Waals surface area contributed by atoms with E-state index in [9.17, 15) is 5.11 Å². The Bertz CT molecular complexity index is 437. The lowest BCUT2D eigenvalue weighted by atomic mass is 9.98. The Hall–Kier alpha value is -0.450. The molecule has 21 heavy (non-hydrogen) atoms. The molecule has 0 spiro atoms. The third-order valence-electron chi connectivity index (χ3n) is 3.59. The van der Waals surface area contributed by atoms with E-state index in [1.54, 1.807) is 12.1 Å². The fraction of sp³-hybridized carbons (Fsp3) is 0.467. The molecule has 0 saturated carbocycles. The minimum atomic E-state index is 0. The van der Waals surface area contributed by atoms with Gasteiger partial charge in [0.25, 0.3) is 0 Å². The van der Waals surface area contributed by atoms with Crippen LogP contribution in [0, 0.1) is 0 Å². The fourth-order valence-corrected chi connectivity index (χ4v) is 2.78. The van der Waals surface area contributed by atoms with Crippen LogP contribution in [0.25, 0.3) is 0 Å². The second kappa shape index (κ2) is 10.3. The monoisotopic (exact) mass is 352 g/mol. The van der Waals surface area contributed by atoms with Crippen molar-refractivity contribution in [1.82, 2.24) is 10.2 Å². The number of halogens is 3. The summed E-state index contributed by atoms with van der Waals surface area (Å²) >= 11 is 6.07. The van der Waals surface area contributed by atoms with Gasteiger partial charge in [-0.25, -0.2) is 0 Å². The van der Waals surface area contributed by atoms with E-state index >= 15 is 0 Å². The van der Waals surface area contributed by atoms with E-state index in [-0.39, 0.29) is 30.9 Å². The largest absolute Gasteiger partial charge is 0.508 e. The van der Waals surface area contributed by atoms with Crippen molar-refractivity contribution in [3.63, 3.8) is 0 Å². The molecule has 2 N–H and O–H groups in total. The second-order valence-corrected chi connectivity index (χ2v) is 5.31. The van der Waals surface area contributed by atoms with Crippen molar-refractivity contribution in [3.05, 3.63) is 41.4 Å². The van der Waals surface area contributed by atoms with Gasteiger partial charge < -0.3 is 10.4 Å². The molecular formula is C15H23Cl3N2O. The van der Waals surface area contributed by atoms with Gasteiger partial charge in [0.05, 0.1) is 0 Å². The summed E-state index contributed by atoms with van der Waals surface area (Å²) in [5.41, 5.74) is 0.927. The zero-order valence-electron chi connectivity index (χ0n) is 11.9. The zero-order valence-corrected chi connectivity index (χ0v) is 14.3. The highest BCUT2D eigenvalue weighted by atomic mass is 35.5. The number of nitrogens with zero attached hydrogens (tertiary/aromatic N) is 1. The van der Waals surface area contributed by atoms with Crippen LogP contribution in [-0.4, -0.2) is 36.2 Å².